The molecule has 0 unspecified atom stereocenters. The number of carbonyl (C=O) groups is 1. The number of nitrogens with zero attached hydrogens (tertiary/aromatic N) is 1. The van der Waals surface area contributed by atoms with Crippen molar-refractivity contribution in [2.24, 2.45) is 0 Å². The van der Waals surface area contributed by atoms with Gasteiger partial charge in [0, 0.05) is 11.3 Å². The number of rotatable bonds is 7. The zero-order valence-electron chi connectivity index (χ0n) is 14.1. The Kier molecular flexibility index (Phi) is 6.67. The molecule has 0 aliphatic rings. The van der Waals surface area contributed by atoms with Gasteiger partial charge >= 0.3 is 0 Å². The summed E-state index contributed by atoms with van der Waals surface area (Å²) in [4.78, 5) is 12.5. The Morgan fingerprint density at radius 1 is 1.28 bits per heavy atom. The molecule has 25 heavy (non-hydrogen) atoms. The van der Waals surface area contributed by atoms with Crippen LogP contribution in [0.15, 0.2) is 36.4 Å². The lowest BCUT2D eigenvalue weighted by atomic mass is 10.1. The maximum absolute atomic E-state index is 12.5. The van der Waals surface area contributed by atoms with E-state index in [1.54, 1.807) is 36.4 Å². The number of hydrogen-bond donors (Lipinski definition) is 1. The molecular formula is C19H19ClN2O3. The van der Waals surface area contributed by atoms with E-state index in [9.17, 15) is 4.79 Å². The van der Waals surface area contributed by atoms with Crippen molar-refractivity contribution in [1.29, 1.82) is 5.26 Å². The third-order valence-corrected chi connectivity index (χ3v) is 3.72. The standard InChI is InChI=1S/C19H19ClN2O3/c1-3-10-25-18-16(20)11-14(12-17(18)24-2)19(23)22-15-6-4-13(5-7-15)8-9-21/h4-7,11-12H,3,8,10H2,1-2H3,(H,22,23). The van der Waals surface area contributed by atoms with E-state index in [-0.39, 0.29) is 5.91 Å². The molecule has 0 spiro atoms. The van der Waals surface area contributed by atoms with Crippen molar-refractivity contribution in [3.63, 3.8) is 0 Å². The Morgan fingerprint density at radius 2 is 2.00 bits per heavy atom. The van der Waals surface area contributed by atoms with Crippen LogP contribution in [0.5, 0.6) is 11.5 Å². The minimum Gasteiger partial charge on any atom is -0.493 e. The molecule has 2 aromatic rings. The number of nitrogens with one attached hydrogen (secondary N) is 1. The van der Waals surface area contributed by atoms with Crippen LogP contribution in [0.25, 0.3) is 0 Å². The van der Waals surface area contributed by atoms with E-state index in [0.717, 1.165) is 12.0 Å². The molecule has 0 fully saturated rings. The second-order valence-corrected chi connectivity index (χ2v) is 5.73. The van der Waals surface area contributed by atoms with Crippen LogP contribution in [-0.2, 0) is 6.42 Å². The fraction of sp³-hybridized carbons (Fsp3) is 0.263. The van der Waals surface area contributed by atoms with E-state index in [0.29, 0.717) is 40.8 Å². The van der Waals surface area contributed by atoms with Crippen molar-refractivity contribution in [3.8, 4) is 17.6 Å². The number of anilines is 1. The van der Waals surface area contributed by atoms with E-state index in [1.807, 2.05) is 6.92 Å². The van der Waals surface area contributed by atoms with Gasteiger partial charge in [0.15, 0.2) is 11.5 Å². The topological polar surface area (TPSA) is 71.3 Å². The van der Waals surface area contributed by atoms with Crippen LogP contribution in [-0.4, -0.2) is 19.6 Å². The smallest absolute Gasteiger partial charge is 0.255 e. The van der Waals surface area contributed by atoms with Crippen LogP contribution >= 0.6 is 11.6 Å². The highest BCUT2D eigenvalue weighted by Gasteiger charge is 2.16. The maximum Gasteiger partial charge on any atom is 0.255 e. The molecule has 0 bridgehead atoms. The number of nitriles is 1. The molecule has 0 aliphatic heterocycles. The van der Waals surface area contributed by atoms with Crippen LogP contribution in [0.3, 0.4) is 0 Å². The van der Waals surface area contributed by atoms with Crippen molar-refractivity contribution in [2.45, 2.75) is 19.8 Å². The first-order valence-corrected chi connectivity index (χ1v) is 8.24. The largest absolute Gasteiger partial charge is 0.493 e. The van der Waals surface area contributed by atoms with E-state index in [2.05, 4.69) is 11.4 Å². The Morgan fingerprint density at radius 3 is 2.60 bits per heavy atom. The number of amides is 1. The number of hydrogen-bond acceptors (Lipinski definition) is 4. The summed E-state index contributed by atoms with van der Waals surface area (Å²) in [7, 11) is 1.50. The molecular weight excluding hydrogens is 340 g/mol. The molecule has 1 N–H and O–H groups in total. The van der Waals surface area contributed by atoms with Gasteiger partial charge in [0.1, 0.15) is 0 Å². The highest BCUT2D eigenvalue weighted by atomic mass is 35.5. The zero-order valence-corrected chi connectivity index (χ0v) is 14.9. The van der Waals surface area contributed by atoms with Crippen LogP contribution in [0.1, 0.15) is 29.3 Å². The van der Waals surface area contributed by atoms with Crippen LogP contribution in [0, 0.1) is 11.3 Å². The summed E-state index contributed by atoms with van der Waals surface area (Å²) < 4.78 is 10.9. The van der Waals surface area contributed by atoms with Gasteiger partial charge < -0.3 is 14.8 Å². The SMILES string of the molecule is CCCOc1c(Cl)cc(C(=O)Nc2ccc(CC#N)cc2)cc1OC. The molecule has 2 rings (SSSR count). The lowest BCUT2D eigenvalue weighted by Gasteiger charge is -2.14. The van der Waals surface area contributed by atoms with Crippen molar-refractivity contribution < 1.29 is 14.3 Å². The first-order valence-electron chi connectivity index (χ1n) is 7.86. The minimum atomic E-state index is -0.310. The van der Waals surface area contributed by atoms with Gasteiger partial charge in [-0.15, -0.1) is 0 Å². The molecule has 6 heteroatoms. The molecule has 0 atom stereocenters. The molecule has 5 nitrogen and oxygen atoms in total. The van der Waals surface area contributed by atoms with E-state index >= 15 is 0 Å². The maximum atomic E-state index is 12.5. The van der Waals surface area contributed by atoms with Crippen molar-refractivity contribution in [1.82, 2.24) is 0 Å². The highest BCUT2D eigenvalue weighted by Crippen LogP contribution is 2.36. The van der Waals surface area contributed by atoms with Crippen molar-refractivity contribution >= 4 is 23.2 Å². The Bertz CT molecular complexity index is 782. The lowest BCUT2D eigenvalue weighted by molar-refractivity contribution is 0.102. The number of halogens is 1. The predicted molar refractivity (Wildman–Crippen MR) is 97.5 cm³/mol. The highest BCUT2D eigenvalue weighted by molar-refractivity contribution is 6.32. The van der Waals surface area contributed by atoms with E-state index in [4.69, 9.17) is 26.3 Å². The molecule has 0 heterocycles. The fourth-order valence-electron chi connectivity index (χ4n) is 2.20. The quantitative estimate of drug-likeness (QED) is 0.793. The summed E-state index contributed by atoms with van der Waals surface area (Å²) in [5, 5.41) is 11.8. The summed E-state index contributed by atoms with van der Waals surface area (Å²) in [5.74, 6) is 0.536. The summed E-state index contributed by atoms with van der Waals surface area (Å²) >= 11 is 6.24. The lowest BCUT2D eigenvalue weighted by Crippen LogP contribution is -2.12. The van der Waals surface area contributed by atoms with Gasteiger partial charge in [-0.05, 0) is 36.2 Å². The number of carbonyl (C=O) groups excluding carboxylic acids is 1. The van der Waals surface area contributed by atoms with Gasteiger partial charge in [-0.25, -0.2) is 0 Å². The molecule has 0 aliphatic carbocycles. The fourth-order valence-corrected chi connectivity index (χ4v) is 2.46. The molecule has 0 saturated carbocycles. The number of benzene rings is 2. The normalized spacial score (nSPS) is 10.0. The second-order valence-electron chi connectivity index (χ2n) is 5.32. The minimum absolute atomic E-state index is 0.310. The third kappa shape index (κ3) is 4.88. The summed E-state index contributed by atoms with van der Waals surface area (Å²) in [6.07, 6.45) is 1.17. The predicted octanol–water partition coefficient (Wildman–Crippen LogP) is 4.46. The van der Waals surface area contributed by atoms with Gasteiger partial charge in [-0.2, -0.15) is 5.26 Å². The first-order chi connectivity index (χ1) is 12.1. The van der Waals surface area contributed by atoms with Gasteiger partial charge in [0.25, 0.3) is 5.91 Å². The van der Waals surface area contributed by atoms with Gasteiger partial charge in [0.05, 0.1) is 31.2 Å². The molecule has 130 valence electrons. The number of ether oxygens (including phenoxy) is 2. The monoisotopic (exact) mass is 358 g/mol. The van der Waals surface area contributed by atoms with E-state index in [1.165, 1.54) is 7.11 Å². The second kappa shape index (κ2) is 8.95. The summed E-state index contributed by atoms with van der Waals surface area (Å²) in [6, 6.07) is 12.3. The molecule has 2 aromatic carbocycles. The van der Waals surface area contributed by atoms with Gasteiger partial charge in [0.2, 0.25) is 0 Å². The molecule has 1 amide bonds. The molecule has 0 radical (unpaired) electrons. The average Bonchev–Trinajstić information content (AvgIpc) is 2.62. The van der Waals surface area contributed by atoms with Crippen LogP contribution in [0.4, 0.5) is 5.69 Å². The zero-order chi connectivity index (χ0) is 18.2. The summed E-state index contributed by atoms with van der Waals surface area (Å²) in [5.41, 5.74) is 1.89. The Hall–Kier alpha value is -2.71. The van der Waals surface area contributed by atoms with Crippen molar-refractivity contribution in [3.05, 3.63) is 52.5 Å². The Balaban J connectivity index is 2.18. The van der Waals surface area contributed by atoms with E-state index < -0.39 is 0 Å². The number of methoxy groups -OCH3 is 1. The molecule has 0 saturated heterocycles. The summed E-state index contributed by atoms with van der Waals surface area (Å²) in [6.45, 7) is 2.50. The third-order valence-electron chi connectivity index (χ3n) is 3.44. The molecule has 0 aromatic heterocycles. The van der Waals surface area contributed by atoms with Gasteiger partial charge in [-0.3, -0.25) is 4.79 Å². The van der Waals surface area contributed by atoms with Crippen molar-refractivity contribution in [2.75, 3.05) is 19.0 Å². The van der Waals surface area contributed by atoms with Crippen LogP contribution in [0.2, 0.25) is 5.02 Å². The average molecular weight is 359 g/mol. The van der Waals surface area contributed by atoms with Gasteiger partial charge in [-0.1, -0.05) is 30.7 Å². The Labute approximate surface area is 152 Å². The van der Waals surface area contributed by atoms with Crippen LogP contribution < -0.4 is 14.8 Å². The first kappa shape index (κ1) is 18.6.